The highest BCUT2D eigenvalue weighted by molar-refractivity contribution is 7.89. The molecule has 12 heteroatoms. The third-order valence-corrected chi connectivity index (χ3v) is 6.91. The normalized spacial score (nSPS) is 17.3. The highest BCUT2D eigenvalue weighted by atomic mass is 35.5. The van der Waals surface area contributed by atoms with Gasteiger partial charge in [0.2, 0.25) is 21.9 Å². The van der Waals surface area contributed by atoms with Crippen molar-refractivity contribution in [2.24, 2.45) is 7.05 Å². The number of anilines is 1. The molecular formula is C17H15ClFN5O4S. The molecule has 3 heterocycles. The number of benzene rings is 1. The molecule has 9 nitrogen and oxygen atoms in total. The van der Waals surface area contributed by atoms with Crippen LogP contribution in [0, 0.1) is 5.95 Å². The molecule has 1 fully saturated rings. The fourth-order valence-corrected chi connectivity index (χ4v) is 5.20. The van der Waals surface area contributed by atoms with Crippen LogP contribution in [0.15, 0.2) is 40.2 Å². The first kappa shape index (κ1) is 19.6. The van der Waals surface area contributed by atoms with Crippen molar-refractivity contribution in [1.29, 1.82) is 0 Å². The van der Waals surface area contributed by atoms with Crippen LogP contribution in [0.4, 0.5) is 10.1 Å². The summed E-state index contributed by atoms with van der Waals surface area (Å²) in [6.07, 6.45) is 1.79. The minimum Gasteiger partial charge on any atom is -0.324 e. The first-order valence-corrected chi connectivity index (χ1v) is 10.3. The van der Waals surface area contributed by atoms with Crippen molar-refractivity contribution in [3.05, 3.63) is 51.8 Å². The van der Waals surface area contributed by atoms with E-state index in [1.54, 1.807) is 7.05 Å². The van der Waals surface area contributed by atoms with Crippen LogP contribution in [0.3, 0.4) is 0 Å². The molecule has 0 unspecified atom stereocenters. The van der Waals surface area contributed by atoms with E-state index in [9.17, 15) is 22.4 Å². The molecule has 152 valence electrons. The topological polar surface area (TPSA) is 117 Å². The van der Waals surface area contributed by atoms with E-state index in [-0.39, 0.29) is 38.6 Å². The Kier molecular flexibility index (Phi) is 4.68. The number of carbonyl (C=O) groups is 1. The molecule has 1 aliphatic rings. The van der Waals surface area contributed by atoms with E-state index >= 15 is 0 Å². The van der Waals surface area contributed by atoms with E-state index in [0.29, 0.717) is 6.42 Å². The van der Waals surface area contributed by atoms with Crippen LogP contribution in [0.25, 0.3) is 10.9 Å². The highest BCUT2D eigenvalue weighted by Gasteiger charge is 2.44. The van der Waals surface area contributed by atoms with Crippen molar-refractivity contribution in [2.75, 3.05) is 11.9 Å². The molecule has 1 saturated heterocycles. The molecule has 0 bridgehead atoms. The van der Waals surface area contributed by atoms with Crippen LogP contribution >= 0.6 is 11.6 Å². The summed E-state index contributed by atoms with van der Waals surface area (Å²) in [5.74, 6) is -1.37. The molecule has 0 aliphatic carbocycles. The number of aromatic nitrogens is 3. The van der Waals surface area contributed by atoms with Gasteiger partial charge in [-0.15, -0.1) is 0 Å². The Hall–Kier alpha value is -2.76. The Morgan fingerprint density at radius 3 is 2.79 bits per heavy atom. The van der Waals surface area contributed by atoms with Gasteiger partial charge >= 0.3 is 0 Å². The van der Waals surface area contributed by atoms with Crippen molar-refractivity contribution >= 4 is 44.1 Å². The Morgan fingerprint density at radius 1 is 1.38 bits per heavy atom. The zero-order valence-corrected chi connectivity index (χ0v) is 16.6. The maximum absolute atomic E-state index is 13.8. The van der Waals surface area contributed by atoms with Gasteiger partial charge in [-0.05, 0) is 24.6 Å². The Balaban J connectivity index is 1.64. The number of carbonyl (C=O) groups excluding carboxylic acids is 1. The summed E-state index contributed by atoms with van der Waals surface area (Å²) in [6, 6.07) is 4.24. The zero-order valence-electron chi connectivity index (χ0n) is 15.0. The second-order valence-corrected chi connectivity index (χ2v) is 8.91. The van der Waals surface area contributed by atoms with Crippen molar-refractivity contribution < 1.29 is 17.6 Å². The molecule has 3 aromatic rings. The Morgan fingerprint density at radius 2 is 2.14 bits per heavy atom. The van der Waals surface area contributed by atoms with Gasteiger partial charge in [0.25, 0.3) is 5.56 Å². The van der Waals surface area contributed by atoms with Gasteiger partial charge in [0.15, 0.2) is 0 Å². The number of aromatic amines is 1. The number of H-pyrrole nitrogens is 1. The SMILES string of the molecule is Cn1ccc(NC(=O)[C@@H]2CCN2S(=O)(=O)c2cc(Cl)cc3c(F)[nH]nc23)cc1=O. The number of sulfonamides is 1. The average Bonchev–Trinajstić information content (AvgIpc) is 2.97. The smallest absolute Gasteiger partial charge is 0.252 e. The van der Waals surface area contributed by atoms with Crippen LogP contribution in [-0.2, 0) is 21.9 Å². The van der Waals surface area contributed by atoms with Crippen molar-refractivity contribution in [1.82, 2.24) is 19.1 Å². The molecule has 4 rings (SSSR count). The minimum atomic E-state index is -4.17. The van der Waals surface area contributed by atoms with Crippen LogP contribution in [-0.4, -0.2) is 46.0 Å². The lowest BCUT2D eigenvalue weighted by Crippen LogP contribution is -2.56. The molecule has 2 N–H and O–H groups in total. The van der Waals surface area contributed by atoms with Gasteiger partial charge in [0, 0.05) is 36.6 Å². The van der Waals surface area contributed by atoms with Crippen LogP contribution in [0.5, 0.6) is 0 Å². The Labute approximate surface area is 169 Å². The highest BCUT2D eigenvalue weighted by Crippen LogP contribution is 2.33. The quantitative estimate of drug-likeness (QED) is 0.638. The van der Waals surface area contributed by atoms with Gasteiger partial charge in [-0.2, -0.15) is 13.8 Å². The van der Waals surface area contributed by atoms with Crippen molar-refractivity contribution in [3.63, 3.8) is 0 Å². The lowest BCUT2D eigenvalue weighted by molar-refractivity contribution is -0.122. The fraction of sp³-hybridized carbons (Fsp3) is 0.235. The summed E-state index contributed by atoms with van der Waals surface area (Å²) in [7, 11) is -2.60. The van der Waals surface area contributed by atoms with E-state index in [0.717, 1.165) is 4.31 Å². The number of aryl methyl sites for hydroxylation is 1. The number of nitrogens with zero attached hydrogens (tertiary/aromatic N) is 3. The number of fused-ring (bicyclic) bond motifs is 1. The van der Waals surface area contributed by atoms with Crippen LogP contribution < -0.4 is 10.9 Å². The third kappa shape index (κ3) is 3.30. The molecule has 0 spiro atoms. The predicted octanol–water partition coefficient (Wildman–Crippen LogP) is 1.46. The number of amides is 1. The van der Waals surface area contributed by atoms with Crippen LogP contribution in [0.1, 0.15) is 6.42 Å². The van der Waals surface area contributed by atoms with E-state index in [1.807, 2.05) is 0 Å². The lowest BCUT2D eigenvalue weighted by atomic mass is 10.1. The molecule has 1 aromatic carbocycles. The van der Waals surface area contributed by atoms with Gasteiger partial charge in [-0.3, -0.25) is 14.7 Å². The second-order valence-electron chi connectivity index (χ2n) is 6.61. The standard InChI is InChI=1S/C17H15ClFN5O4S/c1-23-4-2-10(8-14(23)25)20-17(26)12-3-5-24(12)29(27,28)13-7-9(18)6-11-15(13)21-22-16(11)19/h2,4,6-8,12H,3,5H2,1H3,(H,20,26)(H,21,22)/t12-/m0/s1. The molecule has 1 amide bonds. The monoisotopic (exact) mass is 439 g/mol. The molecule has 29 heavy (non-hydrogen) atoms. The Bertz CT molecular complexity index is 1300. The van der Waals surface area contributed by atoms with Crippen molar-refractivity contribution in [3.8, 4) is 0 Å². The van der Waals surface area contributed by atoms with E-state index in [4.69, 9.17) is 11.6 Å². The summed E-state index contributed by atoms with van der Waals surface area (Å²) in [5, 5.41) is 8.34. The largest absolute Gasteiger partial charge is 0.324 e. The summed E-state index contributed by atoms with van der Waals surface area (Å²) in [5.41, 5.74) is -0.144. The number of halogens is 2. The summed E-state index contributed by atoms with van der Waals surface area (Å²) < 4.78 is 42.4. The van der Waals surface area contributed by atoms with E-state index in [1.165, 1.54) is 35.0 Å². The maximum Gasteiger partial charge on any atom is 0.252 e. The zero-order chi connectivity index (χ0) is 20.9. The molecule has 1 atom stereocenters. The first-order chi connectivity index (χ1) is 13.7. The van der Waals surface area contributed by atoms with Gasteiger partial charge in [-0.1, -0.05) is 11.6 Å². The molecule has 2 aromatic heterocycles. The van der Waals surface area contributed by atoms with E-state index < -0.39 is 27.9 Å². The number of nitrogens with one attached hydrogen (secondary N) is 2. The molecule has 1 aliphatic heterocycles. The number of hydrogen-bond donors (Lipinski definition) is 2. The number of rotatable bonds is 4. The second kappa shape index (κ2) is 6.94. The summed E-state index contributed by atoms with van der Waals surface area (Å²) >= 11 is 5.96. The molecular weight excluding hydrogens is 425 g/mol. The summed E-state index contributed by atoms with van der Waals surface area (Å²) in [4.78, 5) is 24.0. The average molecular weight is 440 g/mol. The lowest BCUT2D eigenvalue weighted by Gasteiger charge is -2.38. The number of pyridine rings is 1. The van der Waals surface area contributed by atoms with Crippen LogP contribution in [0.2, 0.25) is 5.02 Å². The van der Waals surface area contributed by atoms with Crippen molar-refractivity contribution in [2.45, 2.75) is 17.4 Å². The van der Waals surface area contributed by atoms with Gasteiger partial charge in [-0.25, -0.2) is 8.42 Å². The fourth-order valence-electron chi connectivity index (χ4n) is 3.11. The minimum absolute atomic E-state index is 0.0260. The third-order valence-electron chi connectivity index (χ3n) is 4.77. The van der Waals surface area contributed by atoms with E-state index in [2.05, 4.69) is 15.5 Å². The molecule has 0 radical (unpaired) electrons. The maximum atomic E-state index is 13.8. The predicted molar refractivity (Wildman–Crippen MR) is 104 cm³/mol. The number of hydrogen-bond acceptors (Lipinski definition) is 5. The summed E-state index contributed by atoms with van der Waals surface area (Å²) in [6.45, 7) is 0.109. The first-order valence-electron chi connectivity index (χ1n) is 8.51. The van der Waals surface area contributed by atoms with Gasteiger partial charge in [0.1, 0.15) is 16.5 Å². The molecule has 0 saturated carbocycles. The van der Waals surface area contributed by atoms with Gasteiger partial charge < -0.3 is 9.88 Å². The van der Waals surface area contributed by atoms with Gasteiger partial charge in [0.05, 0.1) is 5.39 Å².